The van der Waals surface area contributed by atoms with Gasteiger partial charge in [-0.3, -0.25) is 14.2 Å². The molecule has 2 aromatic carbocycles. The number of hydrogen-bond donors (Lipinski definition) is 2. The van der Waals surface area contributed by atoms with Crippen LogP contribution < -0.4 is 21.3 Å². The van der Waals surface area contributed by atoms with Crippen LogP contribution in [0.2, 0.25) is 0 Å². The molecule has 8 nitrogen and oxygen atoms in total. The van der Waals surface area contributed by atoms with E-state index in [2.05, 4.69) is 5.32 Å². The topological polar surface area (TPSA) is 102 Å². The molecular weight excluding hydrogens is 505 g/mol. The summed E-state index contributed by atoms with van der Waals surface area (Å²) >= 11 is 1.65. The number of thioether (sulfide) groups is 1. The number of fused-ring (bicyclic) bond motifs is 1. The Morgan fingerprint density at radius 3 is 2.68 bits per heavy atom. The number of nitrogens with zero attached hydrogens (tertiary/aromatic N) is 3. The van der Waals surface area contributed by atoms with Crippen molar-refractivity contribution in [3.05, 3.63) is 76.0 Å². The molecule has 1 aliphatic carbocycles. The molecule has 1 aliphatic heterocycles. The number of anilines is 1. The number of carbonyl (C=O) groups excluding carboxylic acids is 1. The van der Waals surface area contributed by atoms with E-state index < -0.39 is 0 Å². The zero-order chi connectivity index (χ0) is 26.5. The highest BCUT2D eigenvalue weighted by molar-refractivity contribution is 7.99. The van der Waals surface area contributed by atoms with Crippen molar-refractivity contribution in [2.24, 2.45) is 0 Å². The zero-order valence-corrected chi connectivity index (χ0v) is 22.0. The summed E-state index contributed by atoms with van der Waals surface area (Å²) in [5.74, 6) is 0.281. The fourth-order valence-electron chi connectivity index (χ4n) is 4.54. The Labute approximate surface area is 225 Å². The molecule has 1 amide bonds. The van der Waals surface area contributed by atoms with Crippen molar-refractivity contribution in [1.29, 1.82) is 0 Å². The second kappa shape index (κ2) is 12.0. The molecule has 0 spiro atoms. The third kappa shape index (κ3) is 6.02. The molecule has 3 N–H and O–H groups in total. The summed E-state index contributed by atoms with van der Waals surface area (Å²) in [5.41, 5.74) is 8.60. The summed E-state index contributed by atoms with van der Waals surface area (Å²) in [5, 5.41) is 4.35. The van der Waals surface area contributed by atoms with Gasteiger partial charge in [0.1, 0.15) is 18.2 Å². The number of hydrogen-bond acceptors (Lipinski definition) is 7. The van der Waals surface area contributed by atoms with Crippen LogP contribution in [0.5, 0.6) is 5.75 Å². The van der Waals surface area contributed by atoms with Gasteiger partial charge in [0.2, 0.25) is 5.91 Å². The molecule has 2 aliphatic rings. The SMILES string of the molecule is Nc1ccccc1-n1c(SC2CCC2)nc2c(c1=O)CN(C(=O)CCNCCOc1ccc(F)cc1)CC2. The number of nitrogen functional groups attached to an aromatic ring is 1. The lowest BCUT2D eigenvalue weighted by Gasteiger charge is -2.30. The highest BCUT2D eigenvalue weighted by Crippen LogP contribution is 2.37. The standard InChI is InChI=1S/C28H32FN5O3S/c29-19-8-10-20(11-9-19)37-17-15-31-14-12-26(35)33-16-13-24-22(18-33)27(36)34(25-7-2-1-6-23(25)30)28(32-24)38-21-4-3-5-21/h1-2,6-11,21,31H,3-5,12-18,30H2. The van der Waals surface area contributed by atoms with Gasteiger partial charge >= 0.3 is 0 Å². The average Bonchev–Trinajstić information content (AvgIpc) is 2.90. The summed E-state index contributed by atoms with van der Waals surface area (Å²) in [4.78, 5) is 33.4. The largest absolute Gasteiger partial charge is 0.492 e. The second-order valence-electron chi connectivity index (χ2n) is 9.56. The Morgan fingerprint density at radius 1 is 1.16 bits per heavy atom. The van der Waals surface area contributed by atoms with Crippen molar-refractivity contribution in [3.63, 3.8) is 0 Å². The molecule has 0 bridgehead atoms. The maximum absolute atomic E-state index is 13.8. The van der Waals surface area contributed by atoms with E-state index in [1.165, 1.54) is 18.6 Å². The van der Waals surface area contributed by atoms with Gasteiger partial charge in [-0.15, -0.1) is 0 Å². The summed E-state index contributed by atoms with van der Waals surface area (Å²) < 4.78 is 20.2. The fourth-order valence-corrected chi connectivity index (χ4v) is 5.85. The van der Waals surface area contributed by atoms with Crippen molar-refractivity contribution in [3.8, 4) is 11.4 Å². The number of rotatable bonds is 10. The summed E-state index contributed by atoms with van der Waals surface area (Å²) in [6, 6.07) is 13.2. The number of para-hydroxylation sites is 2. The summed E-state index contributed by atoms with van der Waals surface area (Å²) in [6.07, 6.45) is 4.31. The number of ether oxygens (including phenoxy) is 1. The maximum atomic E-state index is 13.8. The normalized spacial score (nSPS) is 15.1. The highest BCUT2D eigenvalue weighted by Gasteiger charge is 2.29. The molecule has 3 aromatic rings. The van der Waals surface area contributed by atoms with Gasteiger partial charge in [0.25, 0.3) is 5.56 Å². The van der Waals surface area contributed by atoms with Crippen LogP contribution in [0.4, 0.5) is 10.1 Å². The number of nitrogens with two attached hydrogens (primary N) is 1. The van der Waals surface area contributed by atoms with Crippen LogP contribution in [0.25, 0.3) is 5.69 Å². The van der Waals surface area contributed by atoms with E-state index >= 15 is 0 Å². The monoisotopic (exact) mass is 537 g/mol. The molecule has 1 saturated carbocycles. The quantitative estimate of drug-likeness (QED) is 0.232. The lowest BCUT2D eigenvalue weighted by Crippen LogP contribution is -2.42. The predicted octanol–water partition coefficient (Wildman–Crippen LogP) is 3.54. The number of benzene rings is 2. The van der Waals surface area contributed by atoms with E-state index in [0.717, 1.165) is 18.5 Å². The Morgan fingerprint density at radius 2 is 1.95 bits per heavy atom. The van der Waals surface area contributed by atoms with Crippen LogP contribution in [0.1, 0.15) is 36.9 Å². The van der Waals surface area contributed by atoms with Gasteiger partial charge in [-0.2, -0.15) is 0 Å². The minimum Gasteiger partial charge on any atom is -0.492 e. The van der Waals surface area contributed by atoms with E-state index in [9.17, 15) is 14.0 Å². The first-order valence-electron chi connectivity index (χ1n) is 13.0. The first kappa shape index (κ1) is 26.2. The van der Waals surface area contributed by atoms with Crippen molar-refractivity contribution in [1.82, 2.24) is 19.8 Å². The van der Waals surface area contributed by atoms with Crippen molar-refractivity contribution >= 4 is 23.4 Å². The van der Waals surface area contributed by atoms with Crippen molar-refractivity contribution in [2.45, 2.75) is 49.1 Å². The predicted molar refractivity (Wildman–Crippen MR) is 146 cm³/mol. The maximum Gasteiger partial charge on any atom is 0.264 e. The number of amides is 1. The molecule has 1 aromatic heterocycles. The second-order valence-corrected chi connectivity index (χ2v) is 10.8. The number of halogens is 1. The molecular formula is C28H32FN5O3S. The number of aromatic nitrogens is 2. The molecule has 0 atom stereocenters. The molecule has 1 fully saturated rings. The molecule has 5 rings (SSSR count). The van der Waals surface area contributed by atoms with Crippen LogP contribution in [-0.2, 0) is 17.8 Å². The van der Waals surface area contributed by atoms with E-state index in [0.29, 0.717) is 72.2 Å². The van der Waals surface area contributed by atoms with Crippen LogP contribution >= 0.6 is 11.8 Å². The van der Waals surface area contributed by atoms with Crippen LogP contribution in [-0.4, -0.2) is 51.8 Å². The Kier molecular flexibility index (Phi) is 8.29. The molecule has 10 heteroatoms. The minimum atomic E-state index is -0.304. The minimum absolute atomic E-state index is 0.0132. The Bertz CT molecular complexity index is 1340. The lowest BCUT2D eigenvalue weighted by molar-refractivity contribution is -0.132. The molecule has 200 valence electrons. The Hall–Kier alpha value is -3.37. The molecule has 2 heterocycles. The third-order valence-electron chi connectivity index (χ3n) is 6.93. The number of nitrogens with one attached hydrogen (secondary N) is 1. The van der Waals surface area contributed by atoms with E-state index in [1.807, 2.05) is 18.2 Å². The van der Waals surface area contributed by atoms with E-state index in [1.54, 1.807) is 39.4 Å². The van der Waals surface area contributed by atoms with Gasteiger partial charge in [0.05, 0.1) is 29.2 Å². The van der Waals surface area contributed by atoms with Gasteiger partial charge in [0.15, 0.2) is 5.16 Å². The third-order valence-corrected chi connectivity index (χ3v) is 8.22. The smallest absolute Gasteiger partial charge is 0.264 e. The van der Waals surface area contributed by atoms with Crippen LogP contribution in [0, 0.1) is 5.82 Å². The van der Waals surface area contributed by atoms with Gasteiger partial charge in [-0.05, 0) is 49.2 Å². The molecule has 0 saturated heterocycles. The molecule has 38 heavy (non-hydrogen) atoms. The Balaban J connectivity index is 1.21. The molecule has 0 unspecified atom stereocenters. The van der Waals surface area contributed by atoms with Crippen molar-refractivity contribution in [2.75, 3.05) is 32.0 Å². The first-order chi connectivity index (χ1) is 18.5. The van der Waals surface area contributed by atoms with Gasteiger partial charge in [0, 0.05) is 37.7 Å². The van der Waals surface area contributed by atoms with Crippen LogP contribution in [0.15, 0.2) is 58.5 Å². The van der Waals surface area contributed by atoms with Gasteiger partial charge in [-0.25, -0.2) is 9.37 Å². The fraction of sp³-hybridized carbons (Fsp3) is 0.393. The zero-order valence-electron chi connectivity index (χ0n) is 21.2. The van der Waals surface area contributed by atoms with Gasteiger partial charge < -0.3 is 20.7 Å². The summed E-state index contributed by atoms with van der Waals surface area (Å²) in [6.45, 7) is 2.24. The van der Waals surface area contributed by atoms with Crippen LogP contribution in [0.3, 0.4) is 0 Å². The van der Waals surface area contributed by atoms with Gasteiger partial charge in [-0.1, -0.05) is 30.3 Å². The average molecular weight is 538 g/mol. The van der Waals surface area contributed by atoms with E-state index in [4.69, 9.17) is 15.5 Å². The lowest BCUT2D eigenvalue weighted by atomic mass is 10.0. The number of carbonyl (C=O) groups is 1. The highest BCUT2D eigenvalue weighted by atomic mass is 32.2. The van der Waals surface area contributed by atoms with E-state index in [-0.39, 0.29) is 23.8 Å². The molecule has 0 radical (unpaired) electrons. The van der Waals surface area contributed by atoms with Crippen molar-refractivity contribution < 1.29 is 13.9 Å². The first-order valence-corrected chi connectivity index (χ1v) is 13.9. The summed E-state index contributed by atoms with van der Waals surface area (Å²) in [7, 11) is 0.